The Labute approximate surface area is 189 Å². The standard InChI is InChI=1S/C18H38O10Si3/c1-16(2)14-26-25-12-11-13-30(20-5,21-6)27-29(9,10)28-31(22-7,23-8)15-24-18(19)17(3)4/h1,3,11-15H2,2,4-10H3. The number of hydrogen-bond donors (Lipinski definition) is 0. The second-order valence-corrected chi connectivity index (χ2v) is 16.9. The molecule has 31 heavy (non-hydrogen) atoms. The predicted molar refractivity (Wildman–Crippen MR) is 121 cm³/mol. The SMILES string of the molecule is C=C(C)COOCCC[Si](OC)(OC)O[Si](C)(C)O[Si](COC(=O)C(=C)C)(OC)OC. The van der Waals surface area contributed by atoms with Gasteiger partial charge in [0, 0.05) is 40.1 Å². The molecular weight excluding hydrogens is 460 g/mol. The van der Waals surface area contributed by atoms with Gasteiger partial charge in [0.05, 0.1) is 6.61 Å². The molecule has 0 atom stereocenters. The Morgan fingerprint density at radius 2 is 1.35 bits per heavy atom. The zero-order chi connectivity index (χ0) is 24.1. The minimum Gasteiger partial charge on any atom is -0.458 e. The summed E-state index contributed by atoms with van der Waals surface area (Å²) in [4.78, 5) is 22.0. The van der Waals surface area contributed by atoms with Crippen molar-refractivity contribution in [1.82, 2.24) is 0 Å². The molecular formula is C18H38O10Si3. The fraction of sp³-hybridized carbons (Fsp3) is 0.722. The molecule has 0 aliphatic heterocycles. The van der Waals surface area contributed by atoms with Crippen LogP contribution in [0.1, 0.15) is 20.3 Å². The number of hydrogen-bond acceptors (Lipinski definition) is 10. The Morgan fingerprint density at radius 3 is 1.81 bits per heavy atom. The highest BCUT2D eigenvalue weighted by Gasteiger charge is 2.52. The monoisotopic (exact) mass is 498 g/mol. The van der Waals surface area contributed by atoms with Gasteiger partial charge in [-0.25, -0.2) is 14.6 Å². The van der Waals surface area contributed by atoms with Crippen molar-refractivity contribution in [2.75, 3.05) is 47.9 Å². The van der Waals surface area contributed by atoms with Crippen LogP contribution in [0.3, 0.4) is 0 Å². The van der Waals surface area contributed by atoms with E-state index < -0.39 is 32.1 Å². The minimum absolute atomic E-state index is 0.173. The van der Waals surface area contributed by atoms with Gasteiger partial charge in [-0.15, -0.1) is 0 Å². The molecule has 0 spiro atoms. The highest BCUT2D eigenvalue weighted by Crippen LogP contribution is 2.26. The average molecular weight is 499 g/mol. The summed E-state index contributed by atoms with van der Waals surface area (Å²) in [6, 6.07) is 0.482. The smallest absolute Gasteiger partial charge is 0.458 e. The first-order valence-corrected chi connectivity index (χ1v) is 16.4. The minimum atomic E-state index is -3.36. The van der Waals surface area contributed by atoms with Crippen molar-refractivity contribution in [2.45, 2.75) is 39.4 Å². The lowest BCUT2D eigenvalue weighted by molar-refractivity contribution is -0.287. The van der Waals surface area contributed by atoms with Crippen LogP contribution in [-0.4, -0.2) is 80.0 Å². The van der Waals surface area contributed by atoms with Crippen molar-refractivity contribution in [1.29, 1.82) is 0 Å². The van der Waals surface area contributed by atoms with Gasteiger partial charge in [0.15, 0.2) is 6.23 Å². The molecule has 0 saturated carbocycles. The first-order chi connectivity index (χ1) is 14.4. The molecule has 13 heteroatoms. The van der Waals surface area contributed by atoms with E-state index in [0.717, 1.165) is 5.57 Å². The van der Waals surface area contributed by atoms with Crippen LogP contribution >= 0.6 is 0 Å². The summed E-state index contributed by atoms with van der Waals surface area (Å²) >= 11 is 0. The molecule has 0 aromatic heterocycles. The Morgan fingerprint density at radius 1 is 0.839 bits per heavy atom. The lowest BCUT2D eigenvalue weighted by Crippen LogP contribution is -2.61. The van der Waals surface area contributed by atoms with E-state index in [1.54, 1.807) is 6.92 Å². The van der Waals surface area contributed by atoms with E-state index in [4.69, 9.17) is 40.4 Å². The van der Waals surface area contributed by atoms with Crippen LogP contribution in [0.2, 0.25) is 19.1 Å². The lowest BCUT2D eigenvalue weighted by Gasteiger charge is -2.38. The molecule has 0 heterocycles. The van der Waals surface area contributed by atoms with Gasteiger partial charge in [-0.3, -0.25) is 0 Å². The van der Waals surface area contributed by atoms with Gasteiger partial charge in [0.25, 0.3) is 0 Å². The molecule has 0 rings (SSSR count). The first-order valence-electron chi connectivity index (χ1n) is 9.72. The van der Waals surface area contributed by atoms with Gasteiger partial charge in [0.1, 0.15) is 6.61 Å². The van der Waals surface area contributed by atoms with E-state index in [-0.39, 0.29) is 11.8 Å². The third kappa shape index (κ3) is 11.6. The van der Waals surface area contributed by atoms with E-state index in [9.17, 15) is 4.79 Å². The van der Waals surface area contributed by atoms with Crippen molar-refractivity contribution in [3.05, 3.63) is 24.3 Å². The zero-order valence-corrected chi connectivity index (χ0v) is 23.0. The molecule has 0 saturated heterocycles. The number of carbonyl (C=O) groups is 1. The molecule has 0 unspecified atom stereocenters. The van der Waals surface area contributed by atoms with Gasteiger partial charge in [-0.2, -0.15) is 0 Å². The van der Waals surface area contributed by atoms with E-state index in [0.29, 0.717) is 25.7 Å². The van der Waals surface area contributed by atoms with Crippen LogP contribution in [0.4, 0.5) is 0 Å². The van der Waals surface area contributed by atoms with E-state index in [1.807, 2.05) is 20.0 Å². The largest absolute Gasteiger partial charge is 0.531 e. The van der Waals surface area contributed by atoms with Crippen molar-refractivity contribution in [2.24, 2.45) is 0 Å². The molecule has 10 nitrogen and oxygen atoms in total. The van der Waals surface area contributed by atoms with Crippen molar-refractivity contribution >= 4 is 32.1 Å². The highest BCUT2D eigenvalue weighted by molar-refractivity contribution is 6.82. The Hall–Kier alpha value is -0.719. The van der Waals surface area contributed by atoms with Gasteiger partial charge < -0.3 is 30.7 Å². The number of rotatable bonds is 18. The summed E-state index contributed by atoms with van der Waals surface area (Å²) in [5.41, 5.74) is 1.13. The maximum atomic E-state index is 11.8. The quantitative estimate of drug-likeness (QED) is 0.0533. The second-order valence-electron chi connectivity index (χ2n) is 7.29. The fourth-order valence-corrected chi connectivity index (χ4v) is 12.7. The van der Waals surface area contributed by atoms with Gasteiger partial charge in [-0.1, -0.05) is 18.7 Å². The second kappa shape index (κ2) is 14.4. The van der Waals surface area contributed by atoms with Crippen LogP contribution in [0.5, 0.6) is 0 Å². The summed E-state index contributed by atoms with van der Waals surface area (Å²) in [6.07, 6.45) is 0.413. The van der Waals surface area contributed by atoms with Crippen LogP contribution in [0, 0.1) is 0 Å². The first kappa shape index (κ1) is 30.3. The van der Waals surface area contributed by atoms with Crippen LogP contribution < -0.4 is 0 Å². The number of carbonyl (C=O) groups excluding carboxylic acids is 1. The number of esters is 1. The van der Waals surface area contributed by atoms with Crippen LogP contribution in [-0.2, 0) is 45.2 Å². The number of ether oxygens (including phenoxy) is 1. The van der Waals surface area contributed by atoms with Crippen molar-refractivity contribution < 1.29 is 45.2 Å². The zero-order valence-electron chi connectivity index (χ0n) is 20.0. The molecule has 0 aliphatic rings. The fourth-order valence-electron chi connectivity index (χ4n) is 2.33. The third-order valence-electron chi connectivity index (χ3n) is 3.87. The summed E-state index contributed by atoms with van der Waals surface area (Å²) in [5.74, 6) is -0.554. The van der Waals surface area contributed by atoms with Gasteiger partial charge >= 0.3 is 32.1 Å². The molecule has 0 radical (unpaired) electrons. The highest BCUT2D eigenvalue weighted by atomic mass is 28.5. The van der Waals surface area contributed by atoms with E-state index in [2.05, 4.69) is 13.2 Å². The lowest BCUT2D eigenvalue weighted by atomic mass is 10.4. The van der Waals surface area contributed by atoms with Gasteiger partial charge in [0.2, 0.25) is 0 Å². The molecule has 0 amide bonds. The molecule has 0 aromatic carbocycles. The van der Waals surface area contributed by atoms with E-state index in [1.165, 1.54) is 28.4 Å². The normalized spacial score (nSPS) is 12.6. The van der Waals surface area contributed by atoms with Crippen molar-refractivity contribution in [3.8, 4) is 0 Å². The van der Waals surface area contributed by atoms with E-state index >= 15 is 0 Å². The Balaban J connectivity index is 5.08. The summed E-state index contributed by atoms with van der Waals surface area (Å²) in [5, 5.41) is 0. The molecule has 0 fully saturated rings. The maximum absolute atomic E-state index is 11.8. The van der Waals surface area contributed by atoms with Gasteiger partial charge in [-0.05, 0) is 33.4 Å². The molecule has 0 N–H and O–H groups in total. The predicted octanol–water partition coefficient (Wildman–Crippen LogP) is 2.76. The summed E-state index contributed by atoms with van der Waals surface area (Å²) in [7, 11) is -3.42. The Kier molecular flexibility index (Phi) is 14.1. The summed E-state index contributed by atoms with van der Waals surface area (Å²) in [6.45, 7) is 15.0. The molecule has 0 aliphatic carbocycles. The Bertz CT molecular complexity index is 577. The third-order valence-corrected chi connectivity index (χ3v) is 14.2. The molecule has 182 valence electrons. The maximum Gasteiger partial charge on any atom is 0.531 e. The average Bonchev–Trinajstić information content (AvgIpc) is 2.72. The van der Waals surface area contributed by atoms with Crippen LogP contribution in [0.25, 0.3) is 0 Å². The van der Waals surface area contributed by atoms with Crippen LogP contribution in [0.15, 0.2) is 24.3 Å². The van der Waals surface area contributed by atoms with Crippen molar-refractivity contribution in [3.63, 3.8) is 0 Å². The topological polar surface area (TPSA) is 100 Å². The summed E-state index contributed by atoms with van der Waals surface area (Å²) < 4.78 is 40.1. The molecule has 0 aromatic rings. The molecule has 0 bridgehead atoms.